The molecular formula is C13H19ClN6O. The minimum Gasteiger partial charge on any atom is -0.345 e. The zero-order chi connectivity index (χ0) is 14.7. The van der Waals surface area contributed by atoms with Crippen LogP contribution in [0.25, 0.3) is 0 Å². The van der Waals surface area contributed by atoms with Crippen LogP contribution in [0.4, 0.5) is 11.9 Å². The van der Waals surface area contributed by atoms with Crippen LogP contribution in [-0.4, -0.2) is 58.5 Å². The van der Waals surface area contributed by atoms with Crippen molar-refractivity contribution in [2.45, 2.75) is 25.7 Å². The summed E-state index contributed by atoms with van der Waals surface area (Å²) >= 11 is 5.95. The third kappa shape index (κ3) is 3.53. The number of hydrogen-bond acceptors (Lipinski definition) is 6. The quantitative estimate of drug-likeness (QED) is 0.899. The first-order valence-electron chi connectivity index (χ1n) is 7.40. The van der Waals surface area contributed by atoms with E-state index in [2.05, 4.69) is 25.2 Å². The lowest BCUT2D eigenvalue weighted by molar-refractivity contribution is -0.128. The molecule has 1 N–H and O–H groups in total. The van der Waals surface area contributed by atoms with Crippen molar-refractivity contribution >= 4 is 29.4 Å². The van der Waals surface area contributed by atoms with Crippen LogP contribution in [0.15, 0.2) is 0 Å². The molecule has 7 nitrogen and oxygen atoms in total. The third-order valence-corrected chi connectivity index (χ3v) is 4.01. The Morgan fingerprint density at radius 2 is 1.71 bits per heavy atom. The second kappa shape index (κ2) is 6.43. The molecule has 0 atom stereocenters. The van der Waals surface area contributed by atoms with Crippen molar-refractivity contribution in [3.63, 3.8) is 0 Å². The molecule has 0 aliphatic carbocycles. The molecule has 0 radical (unpaired) electrons. The number of carbonyl (C=O) groups excluding carboxylic acids is 1. The van der Waals surface area contributed by atoms with Gasteiger partial charge in [-0.25, -0.2) is 0 Å². The summed E-state index contributed by atoms with van der Waals surface area (Å²) < 4.78 is 0. The van der Waals surface area contributed by atoms with E-state index in [0.717, 1.165) is 51.9 Å². The second-order valence-corrected chi connectivity index (χ2v) is 5.70. The van der Waals surface area contributed by atoms with E-state index in [1.165, 1.54) is 0 Å². The van der Waals surface area contributed by atoms with Crippen LogP contribution in [0.2, 0.25) is 5.28 Å². The molecule has 2 saturated heterocycles. The summed E-state index contributed by atoms with van der Waals surface area (Å²) in [6.45, 7) is 3.76. The van der Waals surface area contributed by atoms with Crippen LogP contribution in [-0.2, 0) is 4.79 Å². The highest BCUT2D eigenvalue weighted by Crippen LogP contribution is 2.18. The number of amides is 1. The Labute approximate surface area is 128 Å². The molecule has 0 bridgehead atoms. The van der Waals surface area contributed by atoms with E-state index in [0.29, 0.717) is 11.9 Å². The highest BCUT2D eigenvalue weighted by Gasteiger charge is 2.19. The highest BCUT2D eigenvalue weighted by atomic mass is 35.5. The van der Waals surface area contributed by atoms with Gasteiger partial charge in [0, 0.05) is 26.2 Å². The predicted molar refractivity (Wildman–Crippen MR) is 80.6 cm³/mol. The van der Waals surface area contributed by atoms with Gasteiger partial charge in [0.05, 0.1) is 6.54 Å². The number of halogens is 1. The van der Waals surface area contributed by atoms with Gasteiger partial charge in [-0.2, -0.15) is 15.0 Å². The molecule has 1 aromatic heterocycles. The molecule has 0 unspecified atom stereocenters. The van der Waals surface area contributed by atoms with Gasteiger partial charge >= 0.3 is 0 Å². The highest BCUT2D eigenvalue weighted by molar-refractivity contribution is 6.28. The topological polar surface area (TPSA) is 74.2 Å². The zero-order valence-electron chi connectivity index (χ0n) is 11.9. The van der Waals surface area contributed by atoms with Crippen molar-refractivity contribution in [2.75, 3.05) is 42.9 Å². The van der Waals surface area contributed by atoms with Crippen LogP contribution < -0.4 is 10.2 Å². The molecule has 1 amide bonds. The molecule has 0 aromatic carbocycles. The first-order chi connectivity index (χ1) is 10.2. The number of rotatable bonds is 4. The summed E-state index contributed by atoms with van der Waals surface area (Å²) in [4.78, 5) is 28.5. The van der Waals surface area contributed by atoms with Crippen molar-refractivity contribution in [1.29, 1.82) is 0 Å². The van der Waals surface area contributed by atoms with Crippen molar-refractivity contribution in [1.82, 2.24) is 19.9 Å². The minimum absolute atomic E-state index is 0.0757. The fraction of sp³-hybridized carbons (Fsp3) is 0.692. The van der Waals surface area contributed by atoms with E-state index in [4.69, 9.17) is 11.6 Å². The summed E-state index contributed by atoms with van der Waals surface area (Å²) in [6, 6.07) is 0. The molecule has 1 aromatic rings. The standard InChI is InChI=1S/C13H19ClN6O/c14-11-16-12(15-9-10(21)19-5-1-2-6-19)18-13(17-11)20-7-3-4-8-20/h1-9H2,(H,15,16,17,18). The van der Waals surface area contributed by atoms with Crippen molar-refractivity contribution in [3.8, 4) is 0 Å². The number of carbonyl (C=O) groups is 1. The minimum atomic E-state index is 0.0757. The first kappa shape index (κ1) is 14.3. The monoisotopic (exact) mass is 310 g/mol. The van der Waals surface area contributed by atoms with Crippen LogP contribution >= 0.6 is 11.6 Å². The van der Waals surface area contributed by atoms with Gasteiger partial charge in [0.25, 0.3) is 0 Å². The van der Waals surface area contributed by atoms with E-state index in [-0.39, 0.29) is 17.7 Å². The van der Waals surface area contributed by atoms with Crippen LogP contribution in [0.1, 0.15) is 25.7 Å². The molecule has 2 aliphatic heterocycles. The number of aromatic nitrogens is 3. The van der Waals surface area contributed by atoms with Gasteiger partial charge in [0.1, 0.15) is 0 Å². The van der Waals surface area contributed by atoms with Gasteiger partial charge in [-0.15, -0.1) is 0 Å². The van der Waals surface area contributed by atoms with Crippen molar-refractivity contribution < 1.29 is 4.79 Å². The van der Waals surface area contributed by atoms with E-state index in [1.807, 2.05) is 4.90 Å². The lowest BCUT2D eigenvalue weighted by atomic mass is 10.4. The van der Waals surface area contributed by atoms with Gasteiger partial charge in [0.2, 0.25) is 23.1 Å². The smallest absolute Gasteiger partial charge is 0.241 e. The number of hydrogen-bond donors (Lipinski definition) is 1. The summed E-state index contributed by atoms with van der Waals surface area (Å²) in [6.07, 6.45) is 4.45. The van der Waals surface area contributed by atoms with Crippen LogP contribution in [0.5, 0.6) is 0 Å². The number of nitrogens with one attached hydrogen (secondary N) is 1. The summed E-state index contributed by atoms with van der Waals surface area (Å²) in [5.41, 5.74) is 0. The molecule has 3 rings (SSSR count). The number of nitrogens with zero attached hydrogens (tertiary/aromatic N) is 5. The molecule has 0 saturated carbocycles. The lowest BCUT2D eigenvalue weighted by Gasteiger charge is -2.17. The lowest BCUT2D eigenvalue weighted by Crippen LogP contribution is -2.33. The summed E-state index contributed by atoms with van der Waals surface area (Å²) in [5.74, 6) is 1.03. The van der Waals surface area contributed by atoms with E-state index in [1.54, 1.807) is 0 Å². The Kier molecular flexibility index (Phi) is 4.38. The average Bonchev–Trinajstić information content (AvgIpc) is 3.16. The van der Waals surface area contributed by atoms with Crippen molar-refractivity contribution in [2.24, 2.45) is 0 Å². The Hall–Kier alpha value is -1.63. The largest absolute Gasteiger partial charge is 0.345 e. The molecule has 2 fully saturated rings. The maximum atomic E-state index is 12.0. The van der Waals surface area contributed by atoms with Crippen LogP contribution in [0.3, 0.4) is 0 Å². The molecule has 3 heterocycles. The molecule has 8 heteroatoms. The summed E-state index contributed by atoms with van der Waals surface area (Å²) in [7, 11) is 0. The van der Waals surface area contributed by atoms with E-state index >= 15 is 0 Å². The molecule has 114 valence electrons. The Morgan fingerprint density at radius 3 is 2.43 bits per heavy atom. The van der Waals surface area contributed by atoms with Gasteiger partial charge < -0.3 is 15.1 Å². The third-order valence-electron chi connectivity index (χ3n) is 3.84. The predicted octanol–water partition coefficient (Wildman–Crippen LogP) is 1.16. The van der Waals surface area contributed by atoms with E-state index < -0.39 is 0 Å². The maximum absolute atomic E-state index is 12.0. The Morgan fingerprint density at radius 1 is 1.05 bits per heavy atom. The first-order valence-corrected chi connectivity index (χ1v) is 7.78. The molecule has 21 heavy (non-hydrogen) atoms. The normalized spacial score (nSPS) is 18.3. The zero-order valence-corrected chi connectivity index (χ0v) is 12.6. The Balaban J connectivity index is 1.63. The number of anilines is 2. The second-order valence-electron chi connectivity index (χ2n) is 5.36. The van der Waals surface area contributed by atoms with Crippen molar-refractivity contribution in [3.05, 3.63) is 5.28 Å². The fourth-order valence-corrected chi connectivity index (χ4v) is 2.87. The Bertz CT molecular complexity index is 513. The average molecular weight is 311 g/mol. The number of likely N-dealkylation sites (tertiary alicyclic amines) is 1. The van der Waals surface area contributed by atoms with Crippen LogP contribution in [0, 0.1) is 0 Å². The van der Waals surface area contributed by atoms with Gasteiger partial charge in [-0.3, -0.25) is 4.79 Å². The van der Waals surface area contributed by atoms with E-state index in [9.17, 15) is 4.79 Å². The van der Waals surface area contributed by atoms with Gasteiger partial charge in [-0.05, 0) is 37.3 Å². The molecule has 2 aliphatic rings. The summed E-state index contributed by atoms with van der Waals surface area (Å²) in [5, 5.41) is 3.12. The molecular weight excluding hydrogens is 292 g/mol. The fourth-order valence-electron chi connectivity index (χ4n) is 2.71. The SMILES string of the molecule is O=C(CNc1nc(Cl)nc(N2CCCC2)n1)N1CCCC1. The van der Waals surface area contributed by atoms with Gasteiger partial charge in [-0.1, -0.05) is 0 Å². The molecule has 0 spiro atoms. The maximum Gasteiger partial charge on any atom is 0.241 e. The van der Waals surface area contributed by atoms with Gasteiger partial charge in [0.15, 0.2) is 0 Å².